The molecule has 1 unspecified atom stereocenters. The highest BCUT2D eigenvalue weighted by Crippen LogP contribution is 2.24. The second-order valence-electron chi connectivity index (χ2n) is 5.43. The molecule has 2 amide bonds. The van der Waals surface area contributed by atoms with Crippen molar-refractivity contribution in [1.29, 1.82) is 0 Å². The predicted molar refractivity (Wildman–Crippen MR) is 81.7 cm³/mol. The average Bonchev–Trinajstić information content (AvgIpc) is 3.14. The molecule has 120 valence electrons. The van der Waals surface area contributed by atoms with Crippen LogP contribution in [0.25, 0.3) is 11.3 Å². The number of phenolic OH excluding ortho intramolecular Hbond substituents is 1. The fraction of sp³-hybridized carbons (Fsp3) is 0.312. The van der Waals surface area contributed by atoms with E-state index in [2.05, 4.69) is 10.5 Å². The lowest BCUT2D eigenvalue weighted by Gasteiger charge is -2.13. The minimum atomic E-state index is -0.379. The Balaban J connectivity index is 1.68. The first-order valence-corrected chi connectivity index (χ1v) is 7.41. The average molecular weight is 315 g/mol. The molecular weight excluding hydrogens is 298 g/mol. The Morgan fingerprint density at radius 2 is 2.30 bits per heavy atom. The number of likely N-dealkylation sites (tertiary alicyclic amines) is 1. The van der Waals surface area contributed by atoms with Crippen molar-refractivity contribution < 1.29 is 19.2 Å². The lowest BCUT2D eigenvalue weighted by Crippen LogP contribution is -2.37. The number of amides is 2. The normalized spacial score (nSPS) is 17.5. The zero-order valence-corrected chi connectivity index (χ0v) is 12.7. The Morgan fingerprint density at radius 3 is 3.00 bits per heavy atom. The first-order valence-electron chi connectivity index (χ1n) is 7.41. The van der Waals surface area contributed by atoms with Crippen molar-refractivity contribution in [2.24, 2.45) is 0 Å². The quantitative estimate of drug-likeness (QED) is 0.889. The van der Waals surface area contributed by atoms with Crippen molar-refractivity contribution >= 4 is 11.8 Å². The molecule has 0 spiro atoms. The number of nitrogens with zero attached hydrogens (tertiary/aromatic N) is 2. The molecule has 1 aliphatic rings. The molecule has 1 atom stereocenters. The van der Waals surface area contributed by atoms with E-state index in [4.69, 9.17) is 4.52 Å². The zero-order valence-electron chi connectivity index (χ0n) is 12.7. The van der Waals surface area contributed by atoms with Crippen molar-refractivity contribution in [2.45, 2.75) is 19.4 Å². The molecule has 1 aromatic carbocycles. The van der Waals surface area contributed by atoms with Crippen LogP contribution in [-0.2, 0) is 4.79 Å². The predicted octanol–water partition coefficient (Wildman–Crippen LogP) is 1.40. The summed E-state index contributed by atoms with van der Waals surface area (Å²) in [6.45, 7) is 3.05. The molecule has 0 saturated carbocycles. The third-order valence-electron chi connectivity index (χ3n) is 3.80. The van der Waals surface area contributed by atoms with E-state index in [1.807, 2.05) is 6.92 Å². The van der Waals surface area contributed by atoms with Crippen molar-refractivity contribution in [2.75, 3.05) is 13.1 Å². The molecule has 0 radical (unpaired) electrons. The summed E-state index contributed by atoms with van der Waals surface area (Å²) < 4.78 is 5.16. The highest BCUT2D eigenvalue weighted by molar-refractivity contribution is 5.94. The van der Waals surface area contributed by atoms with Crippen LogP contribution in [-0.4, -0.2) is 46.1 Å². The number of likely N-dealkylation sites (N-methyl/N-ethyl adjacent to an activating group) is 1. The maximum absolute atomic E-state index is 12.2. The van der Waals surface area contributed by atoms with Crippen LogP contribution in [0.3, 0.4) is 0 Å². The first kappa shape index (κ1) is 15.1. The number of rotatable bonds is 4. The maximum Gasteiger partial charge on any atom is 0.273 e. The van der Waals surface area contributed by atoms with Crippen molar-refractivity contribution in [3.05, 3.63) is 36.0 Å². The molecule has 1 fully saturated rings. The largest absolute Gasteiger partial charge is 0.508 e. The SMILES string of the molecule is CCN1CC(NC(=O)c2cc(-c3cccc(O)c3)on2)CC1=O. The van der Waals surface area contributed by atoms with Crippen molar-refractivity contribution in [3.8, 4) is 17.1 Å². The van der Waals surface area contributed by atoms with E-state index >= 15 is 0 Å². The van der Waals surface area contributed by atoms with Crippen LogP contribution in [0, 0.1) is 0 Å². The second kappa shape index (κ2) is 6.12. The monoisotopic (exact) mass is 315 g/mol. The van der Waals surface area contributed by atoms with Crippen LogP contribution >= 0.6 is 0 Å². The molecule has 23 heavy (non-hydrogen) atoms. The fourth-order valence-corrected chi connectivity index (χ4v) is 2.61. The number of nitrogens with one attached hydrogen (secondary N) is 1. The summed E-state index contributed by atoms with van der Waals surface area (Å²) in [6.07, 6.45) is 0.302. The summed E-state index contributed by atoms with van der Waals surface area (Å²) in [7, 11) is 0. The number of hydrogen-bond acceptors (Lipinski definition) is 5. The van der Waals surface area contributed by atoms with Crippen molar-refractivity contribution in [1.82, 2.24) is 15.4 Å². The lowest BCUT2D eigenvalue weighted by atomic mass is 10.1. The topological polar surface area (TPSA) is 95.7 Å². The number of benzene rings is 1. The number of aromatic hydroxyl groups is 1. The minimum Gasteiger partial charge on any atom is -0.508 e. The van der Waals surface area contributed by atoms with Gasteiger partial charge in [-0.15, -0.1) is 0 Å². The highest BCUT2D eigenvalue weighted by atomic mass is 16.5. The van der Waals surface area contributed by atoms with Gasteiger partial charge in [0.15, 0.2) is 11.5 Å². The van der Waals surface area contributed by atoms with E-state index in [9.17, 15) is 14.7 Å². The molecule has 1 aliphatic heterocycles. The van der Waals surface area contributed by atoms with Crippen LogP contribution in [0.2, 0.25) is 0 Å². The standard InChI is InChI=1S/C16H17N3O4/c1-2-19-9-11(7-15(19)21)17-16(22)13-8-14(23-18-13)10-4-3-5-12(20)6-10/h3-6,8,11,20H,2,7,9H2,1H3,(H,17,22). The number of hydrogen-bond donors (Lipinski definition) is 2. The van der Waals surface area contributed by atoms with E-state index in [1.165, 1.54) is 12.1 Å². The Labute approximate surface area is 132 Å². The van der Waals surface area contributed by atoms with Crippen LogP contribution in [0.15, 0.2) is 34.9 Å². The Morgan fingerprint density at radius 1 is 1.48 bits per heavy atom. The minimum absolute atomic E-state index is 0.0402. The summed E-state index contributed by atoms with van der Waals surface area (Å²) in [4.78, 5) is 25.6. The Kier molecular flexibility index (Phi) is 4.01. The number of phenols is 1. The van der Waals surface area contributed by atoms with Gasteiger partial charge in [0.1, 0.15) is 5.75 Å². The van der Waals surface area contributed by atoms with Gasteiger partial charge < -0.3 is 19.8 Å². The van der Waals surface area contributed by atoms with Crippen molar-refractivity contribution in [3.63, 3.8) is 0 Å². The van der Waals surface area contributed by atoms with Crippen LogP contribution in [0.4, 0.5) is 0 Å². The van der Waals surface area contributed by atoms with Gasteiger partial charge in [-0.3, -0.25) is 9.59 Å². The first-order chi connectivity index (χ1) is 11.1. The summed E-state index contributed by atoms with van der Waals surface area (Å²) in [5.74, 6) is 0.159. The summed E-state index contributed by atoms with van der Waals surface area (Å²) >= 11 is 0. The van der Waals surface area contributed by atoms with E-state index in [0.717, 1.165) is 0 Å². The molecule has 0 aliphatic carbocycles. The van der Waals surface area contributed by atoms with E-state index in [1.54, 1.807) is 23.1 Å². The third kappa shape index (κ3) is 3.18. The number of carbonyl (C=O) groups is 2. The smallest absolute Gasteiger partial charge is 0.273 e. The van der Waals surface area contributed by atoms with Gasteiger partial charge in [-0.2, -0.15) is 0 Å². The maximum atomic E-state index is 12.2. The summed E-state index contributed by atoms with van der Waals surface area (Å²) in [5, 5.41) is 16.0. The van der Waals surface area contributed by atoms with Gasteiger partial charge in [0.2, 0.25) is 5.91 Å². The van der Waals surface area contributed by atoms with E-state index in [0.29, 0.717) is 30.8 Å². The zero-order chi connectivity index (χ0) is 16.4. The molecule has 1 aromatic heterocycles. The molecule has 0 bridgehead atoms. The Bertz CT molecular complexity index is 740. The van der Waals surface area contributed by atoms with Gasteiger partial charge in [-0.25, -0.2) is 0 Å². The van der Waals surface area contributed by atoms with Gasteiger partial charge in [-0.1, -0.05) is 17.3 Å². The van der Waals surface area contributed by atoms with Gasteiger partial charge in [-0.05, 0) is 19.1 Å². The van der Waals surface area contributed by atoms with Gasteiger partial charge in [0.05, 0.1) is 6.04 Å². The summed E-state index contributed by atoms with van der Waals surface area (Å²) in [5.41, 5.74) is 0.774. The van der Waals surface area contributed by atoms with Crippen LogP contribution < -0.4 is 5.32 Å². The van der Waals surface area contributed by atoms with E-state index in [-0.39, 0.29) is 29.3 Å². The number of aromatic nitrogens is 1. The van der Waals surface area contributed by atoms with E-state index < -0.39 is 0 Å². The van der Waals surface area contributed by atoms with Gasteiger partial charge in [0, 0.05) is 31.1 Å². The molecule has 7 heteroatoms. The molecule has 2 aromatic rings. The molecule has 1 saturated heterocycles. The molecule has 3 rings (SSSR count). The molecule has 2 N–H and O–H groups in total. The second-order valence-corrected chi connectivity index (χ2v) is 5.43. The summed E-state index contributed by atoms with van der Waals surface area (Å²) in [6, 6.07) is 7.79. The van der Waals surface area contributed by atoms with Gasteiger partial charge >= 0.3 is 0 Å². The highest BCUT2D eigenvalue weighted by Gasteiger charge is 2.30. The number of carbonyl (C=O) groups excluding carboxylic acids is 2. The molecule has 2 heterocycles. The fourth-order valence-electron chi connectivity index (χ4n) is 2.61. The van der Waals surface area contributed by atoms with Crippen LogP contribution in [0.1, 0.15) is 23.8 Å². The van der Waals surface area contributed by atoms with Gasteiger partial charge in [0.25, 0.3) is 5.91 Å². The molecular formula is C16H17N3O4. The lowest BCUT2D eigenvalue weighted by molar-refractivity contribution is -0.127. The Hall–Kier alpha value is -2.83. The molecule has 7 nitrogen and oxygen atoms in total. The third-order valence-corrected chi connectivity index (χ3v) is 3.80. The van der Waals surface area contributed by atoms with Crippen LogP contribution in [0.5, 0.6) is 5.75 Å².